The maximum atomic E-state index is 12.0. The fourth-order valence-electron chi connectivity index (χ4n) is 1.71. The smallest absolute Gasteiger partial charge is 0.421 e. The average molecular weight is 325 g/mol. The van der Waals surface area contributed by atoms with Gasteiger partial charge in [0, 0.05) is 0 Å². The van der Waals surface area contributed by atoms with Crippen LogP contribution in [-0.2, 0) is 14.8 Å². The van der Waals surface area contributed by atoms with Crippen LogP contribution in [0.5, 0.6) is 0 Å². The second-order valence-electron chi connectivity index (χ2n) is 5.19. The molecular weight excluding hydrogens is 302 g/mol. The first-order valence-corrected chi connectivity index (χ1v) is 8.75. The molecule has 0 bridgehead atoms. The summed E-state index contributed by atoms with van der Waals surface area (Å²) in [6.45, 7) is 5.88. The van der Waals surface area contributed by atoms with Crippen molar-refractivity contribution in [2.45, 2.75) is 44.9 Å². The Kier molecular flexibility index (Phi) is 7.11. The Morgan fingerprint density at radius 2 is 1.91 bits per heavy atom. The molecule has 0 aromatic heterocycles. The SMILES string of the molecule is CCCC/C=C(/C)COC(=O)NS(=O)(=O)c1ccc(C)cc1. The lowest BCUT2D eigenvalue weighted by Crippen LogP contribution is -2.31. The highest BCUT2D eigenvalue weighted by Crippen LogP contribution is 2.10. The van der Waals surface area contributed by atoms with Crippen molar-refractivity contribution in [2.24, 2.45) is 0 Å². The second kappa shape index (κ2) is 8.58. The number of carbonyl (C=O) groups excluding carboxylic acids is 1. The molecule has 6 heteroatoms. The minimum absolute atomic E-state index is 0.0326. The first-order chi connectivity index (χ1) is 10.3. The summed E-state index contributed by atoms with van der Waals surface area (Å²) >= 11 is 0. The van der Waals surface area contributed by atoms with Gasteiger partial charge in [-0.2, -0.15) is 0 Å². The van der Waals surface area contributed by atoms with Gasteiger partial charge in [0.15, 0.2) is 0 Å². The fourth-order valence-corrected chi connectivity index (χ4v) is 2.60. The van der Waals surface area contributed by atoms with Crippen LogP contribution >= 0.6 is 0 Å². The molecule has 1 aromatic rings. The Bertz CT molecular complexity index is 618. The predicted octanol–water partition coefficient (Wildman–Crippen LogP) is 3.55. The maximum absolute atomic E-state index is 12.0. The number of ether oxygens (including phenoxy) is 1. The van der Waals surface area contributed by atoms with Crippen LogP contribution in [0.4, 0.5) is 4.79 Å². The van der Waals surface area contributed by atoms with Gasteiger partial charge in [-0.3, -0.25) is 0 Å². The monoisotopic (exact) mass is 325 g/mol. The Morgan fingerprint density at radius 1 is 1.27 bits per heavy atom. The first kappa shape index (κ1) is 18.2. The molecule has 22 heavy (non-hydrogen) atoms. The normalized spacial score (nSPS) is 12.0. The number of benzene rings is 1. The van der Waals surface area contributed by atoms with Gasteiger partial charge in [0.2, 0.25) is 0 Å². The van der Waals surface area contributed by atoms with Crippen LogP contribution in [0.1, 0.15) is 38.7 Å². The minimum atomic E-state index is -3.89. The Hall–Kier alpha value is -1.82. The standard InChI is InChI=1S/C16H23NO4S/c1-4-5-6-7-14(3)12-21-16(18)17-22(19,20)15-10-8-13(2)9-11-15/h7-11H,4-6,12H2,1-3H3,(H,17,18)/b14-7-. The molecule has 122 valence electrons. The van der Waals surface area contributed by atoms with E-state index < -0.39 is 16.1 Å². The molecule has 1 aromatic carbocycles. The molecule has 0 fully saturated rings. The summed E-state index contributed by atoms with van der Waals surface area (Å²) in [7, 11) is -3.89. The average Bonchev–Trinajstić information content (AvgIpc) is 2.45. The third-order valence-electron chi connectivity index (χ3n) is 3.03. The summed E-state index contributed by atoms with van der Waals surface area (Å²) in [6, 6.07) is 6.22. The first-order valence-electron chi connectivity index (χ1n) is 7.27. The highest BCUT2D eigenvalue weighted by Gasteiger charge is 2.18. The molecule has 0 unspecified atom stereocenters. The van der Waals surface area contributed by atoms with E-state index in [9.17, 15) is 13.2 Å². The van der Waals surface area contributed by atoms with Crippen molar-refractivity contribution in [1.82, 2.24) is 4.72 Å². The van der Waals surface area contributed by atoms with Crippen molar-refractivity contribution in [3.05, 3.63) is 41.5 Å². The summed E-state index contributed by atoms with van der Waals surface area (Å²) in [5.74, 6) is 0. The number of hydrogen-bond acceptors (Lipinski definition) is 4. The van der Waals surface area contributed by atoms with Crippen LogP contribution < -0.4 is 4.72 Å². The highest BCUT2D eigenvalue weighted by molar-refractivity contribution is 7.90. The van der Waals surface area contributed by atoms with Crippen molar-refractivity contribution in [3.8, 4) is 0 Å². The number of rotatable bonds is 7. The Morgan fingerprint density at radius 3 is 2.50 bits per heavy atom. The largest absolute Gasteiger partial charge is 0.444 e. The summed E-state index contributed by atoms with van der Waals surface area (Å²) < 4.78 is 30.8. The molecule has 5 nitrogen and oxygen atoms in total. The molecule has 1 rings (SSSR count). The van der Waals surface area contributed by atoms with E-state index in [0.717, 1.165) is 30.4 Å². The van der Waals surface area contributed by atoms with E-state index in [1.54, 1.807) is 12.1 Å². The summed E-state index contributed by atoms with van der Waals surface area (Å²) in [5, 5.41) is 0. The number of unbranched alkanes of at least 4 members (excludes halogenated alkanes) is 2. The van der Waals surface area contributed by atoms with E-state index >= 15 is 0 Å². The summed E-state index contributed by atoms with van der Waals surface area (Å²) in [5.41, 5.74) is 1.84. The number of sulfonamides is 1. The van der Waals surface area contributed by atoms with Crippen LogP contribution in [0.3, 0.4) is 0 Å². The van der Waals surface area contributed by atoms with E-state index in [0.29, 0.717) is 0 Å². The van der Waals surface area contributed by atoms with Crippen LogP contribution in [0.15, 0.2) is 40.8 Å². The van der Waals surface area contributed by atoms with Crippen molar-refractivity contribution >= 4 is 16.1 Å². The molecule has 1 N–H and O–H groups in total. The van der Waals surface area contributed by atoms with Crippen LogP contribution in [0.25, 0.3) is 0 Å². The fraction of sp³-hybridized carbons (Fsp3) is 0.438. The molecule has 0 radical (unpaired) electrons. The third-order valence-corrected chi connectivity index (χ3v) is 4.36. The van der Waals surface area contributed by atoms with Crippen LogP contribution in [0.2, 0.25) is 0 Å². The summed E-state index contributed by atoms with van der Waals surface area (Å²) in [4.78, 5) is 11.6. The van der Waals surface area contributed by atoms with Crippen LogP contribution in [0, 0.1) is 6.92 Å². The van der Waals surface area contributed by atoms with Gasteiger partial charge in [-0.15, -0.1) is 0 Å². The zero-order chi connectivity index (χ0) is 16.6. The second-order valence-corrected chi connectivity index (χ2v) is 6.87. The van der Waals surface area contributed by atoms with Gasteiger partial charge in [-0.25, -0.2) is 17.9 Å². The molecule has 0 heterocycles. The molecule has 0 aliphatic carbocycles. The summed E-state index contributed by atoms with van der Waals surface area (Å²) in [6.07, 6.45) is 4.12. The highest BCUT2D eigenvalue weighted by atomic mass is 32.2. The molecule has 0 aliphatic heterocycles. The van der Waals surface area contributed by atoms with E-state index in [4.69, 9.17) is 4.74 Å². The lowest BCUT2D eigenvalue weighted by atomic mass is 10.2. The maximum Gasteiger partial charge on any atom is 0.421 e. The molecule has 0 saturated carbocycles. The zero-order valence-corrected chi connectivity index (χ0v) is 14.1. The zero-order valence-electron chi connectivity index (χ0n) is 13.3. The third kappa shape index (κ3) is 6.30. The van der Waals surface area contributed by atoms with Gasteiger partial charge in [0.05, 0.1) is 4.90 Å². The predicted molar refractivity (Wildman–Crippen MR) is 86.1 cm³/mol. The van der Waals surface area contributed by atoms with E-state index in [-0.39, 0.29) is 11.5 Å². The number of hydrogen-bond donors (Lipinski definition) is 1. The number of carbonyl (C=O) groups is 1. The van der Waals surface area contributed by atoms with Gasteiger partial charge in [-0.1, -0.05) is 43.5 Å². The van der Waals surface area contributed by atoms with Crippen molar-refractivity contribution in [3.63, 3.8) is 0 Å². The molecule has 0 spiro atoms. The number of allylic oxidation sites excluding steroid dienone is 1. The topological polar surface area (TPSA) is 72.5 Å². The molecule has 0 atom stereocenters. The van der Waals surface area contributed by atoms with Gasteiger partial charge in [-0.05, 0) is 38.0 Å². The minimum Gasteiger partial charge on any atom is -0.444 e. The van der Waals surface area contributed by atoms with Gasteiger partial charge < -0.3 is 4.74 Å². The van der Waals surface area contributed by atoms with Crippen LogP contribution in [-0.4, -0.2) is 21.1 Å². The lowest BCUT2D eigenvalue weighted by Gasteiger charge is -2.08. The van der Waals surface area contributed by atoms with Crippen molar-refractivity contribution in [1.29, 1.82) is 0 Å². The number of amides is 1. The van der Waals surface area contributed by atoms with Crippen molar-refractivity contribution in [2.75, 3.05) is 6.61 Å². The Balaban J connectivity index is 2.54. The molecular formula is C16H23NO4S. The van der Waals surface area contributed by atoms with E-state index in [1.165, 1.54) is 12.1 Å². The Labute approximate surface area is 132 Å². The van der Waals surface area contributed by atoms with Gasteiger partial charge >= 0.3 is 6.09 Å². The number of nitrogens with one attached hydrogen (secondary N) is 1. The lowest BCUT2D eigenvalue weighted by molar-refractivity contribution is 0.162. The molecule has 0 saturated heterocycles. The van der Waals surface area contributed by atoms with E-state index in [1.807, 2.05) is 24.6 Å². The van der Waals surface area contributed by atoms with Gasteiger partial charge in [0.25, 0.3) is 10.0 Å². The molecule has 0 aliphatic rings. The van der Waals surface area contributed by atoms with E-state index in [2.05, 4.69) is 6.92 Å². The van der Waals surface area contributed by atoms with Gasteiger partial charge in [0.1, 0.15) is 6.61 Å². The quantitative estimate of drug-likeness (QED) is 0.614. The number of aryl methyl sites for hydroxylation is 1. The molecule has 1 amide bonds. The van der Waals surface area contributed by atoms with Crippen molar-refractivity contribution < 1.29 is 17.9 Å².